The van der Waals surface area contributed by atoms with Gasteiger partial charge in [-0.15, -0.1) is 11.3 Å². The maximum absolute atomic E-state index is 5.74. The average molecular weight is 407 g/mol. The topological polar surface area (TPSA) is 43.4 Å². The van der Waals surface area contributed by atoms with E-state index in [0.717, 1.165) is 32.0 Å². The van der Waals surface area contributed by atoms with E-state index < -0.39 is 0 Å². The van der Waals surface area contributed by atoms with Crippen molar-refractivity contribution in [3.63, 3.8) is 0 Å². The summed E-state index contributed by atoms with van der Waals surface area (Å²) < 4.78 is 12.3. The van der Waals surface area contributed by atoms with Gasteiger partial charge in [0.25, 0.3) is 0 Å². The number of thiocarbonyl (C=S) groups is 1. The Morgan fingerprint density at radius 3 is 2.29 bits per heavy atom. The molecule has 4 rings (SSSR count). The van der Waals surface area contributed by atoms with Crippen LogP contribution in [0.25, 0.3) is 20.8 Å². The number of anilines is 1. The monoisotopic (exact) mass is 406 g/mol. The number of hydrogen-bond acceptors (Lipinski definition) is 5. The fraction of sp³-hybridized carbons (Fsp3) is 0.0909. The summed E-state index contributed by atoms with van der Waals surface area (Å²) in [6.45, 7) is 0. The summed E-state index contributed by atoms with van der Waals surface area (Å²) in [6.07, 6.45) is 0. The van der Waals surface area contributed by atoms with Crippen molar-refractivity contribution in [3.8, 4) is 22.1 Å². The van der Waals surface area contributed by atoms with Gasteiger partial charge in [-0.1, -0.05) is 72.9 Å². The van der Waals surface area contributed by atoms with Crippen LogP contribution in [-0.4, -0.2) is 24.2 Å². The van der Waals surface area contributed by atoms with Gasteiger partial charge in [0, 0.05) is 17.2 Å². The molecule has 0 radical (unpaired) electrons. The molecule has 1 aromatic heterocycles. The smallest absolute Gasteiger partial charge is 0.162 e. The number of ether oxygens (including phenoxy) is 2. The predicted molar refractivity (Wildman–Crippen MR) is 120 cm³/mol. The molecule has 28 heavy (non-hydrogen) atoms. The number of rotatable bonds is 5. The quantitative estimate of drug-likeness (QED) is 0.426. The Labute approximate surface area is 172 Å². The van der Waals surface area contributed by atoms with Gasteiger partial charge in [-0.3, -0.25) is 0 Å². The molecule has 0 unspecified atom stereocenters. The lowest BCUT2D eigenvalue weighted by Crippen LogP contribution is -2.11. The van der Waals surface area contributed by atoms with Crippen LogP contribution < -0.4 is 14.8 Å². The van der Waals surface area contributed by atoms with Crippen molar-refractivity contribution in [2.75, 3.05) is 19.5 Å². The normalized spacial score (nSPS) is 10.6. The van der Waals surface area contributed by atoms with Crippen LogP contribution in [0.5, 0.6) is 11.5 Å². The van der Waals surface area contributed by atoms with E-state index in [1.165, 1.54) is 0 Å². The Morgan fingerprint density at radius 1 is 0.964 bits per heavy atom. The Kier molecular flexibility index (Phi) is 5.23. The van der Waals surface area contributed by atoms with E-state index in [1.807, 2.05) is 66.7 Å². The zero-order valence-corrected chi connectivity index (χ0v) is 17.1. The summed E-state index contributed by atoms with van der Waals surface area (Å²) in [4.78, 5) is 5.41. The van der Waals surface area contributed by atoms with E-state index in [0.29, 0.717) is 16.5 Å². The van der Waals surface area contributed by atoms with E-state index in [4.69, 9.17) is 26.7 Å². The van der Waals surface area contributed by atoms with Gasteiger partial charge >= 0.3 is 0 Å². The van der Waals surface area contributed by atoms with Gasteiger partial charge in [-0.25, -0.2) is 4.98 Å². The van der Waals surface area contributed by atoms with E-state index in [1.54, 1.807) is 25.6 Å². The lowest BCUT2D eigenvalue weighted by molar-refractivity contribution is 0.412. The highest BCUT2D eigenvalue weighted by atomic mass is 32.1. The molecule has 3 aromatic carbocycles. The lowest BCUT2D eigenvalue weighted by atomic mass is 10.2. The molecule has 4 nitrogen and oxygen atoms in total. The third kappa shape index (κ3) is 3.44. The molecule has 0 spiro atoms. The molecule has 1 heterocycles. The number of aromatic nitrogens is 1. The fourth-order valence-electron chi connectivity index (χ4n) is 2.97. The molecule has 0 aliphatic heterocycles. The van der Waals surface area contributed by atoms with Gasteiger partial charge in [0.1, 0.15) is 26.0 Å². The van der Waals surface area contributed by atoms with Crippen molar-refractivity contribution >= 4 is 44.4 Å². The van der Waals surface area contributed by atoms with Crippen LogP contribution in [0.4, 0.5) is 5.69 Å². The van der Waals surface area contributed by atoms with Gasteiger partial charge in [0.05, 0.1) is 19.9 Å². The van der Waals surface area contributed by atoms with Crippen molar-refractivity contribution in [2.45, 2.75) is 0 Å². The standard InChI is InChI=1S/C22H18N2O2S2/c1-25-17-13-16(23-21(27)14-9-5-3-6-10-14)19(26-2)20-18(17)24-22(28-20)15-11-7-4-8-12-15/h3-13H,1-2H3,(H,23,27). The van der Waals surface area contributed by atoms with Crippen LogP contribution in [0.15, 0.2) is 66.7 Å². The number of thiazole rings is 1. The number of fused-ring (bicyclic) bond motifs is 1. The average Bonchev–Trinajstić information content (AvgIpc) is 3.19. The van der Waals surface area contributed by atoms with E-state index in [2.05, 4.69) is 5.32 Å². The second kappa shape index (κ2) is 7.96. The molecule has 0 aliphatic rings. The molecule has 4 aromatic rings. The van der Waals surface area contributed by atoms with Crippen LogP contribution in [0.2, 0.25) is 0 Å². The number of nitrogens with one attached hydrogen (secondary N) is 1. The molecule has 140 valence electrons. The summed E-state index contributed by atoms with van der Waals surface area (Å²) in [5.74, 6) is 1.38. The summed E-state index contributed by atoms with van der Waals surface area (Å²) in [6, 6.07) is 21.8. The largest absolute Gasteiger partial charge is 0.494 e. The third-order valence-electron chi connectivity index (χ3n) is 4.32. The van der Waals surface area contributed by atoms with Gasteiger partial charge < -0.3 is 14.8 Å². The van der Waals surface area contributed by atoms with Crippen LogP contribution in [0, 0.1) is 0 Å². The number of hydrogen-bond donors (Lipinski definition) is 1. The zero-order valence-electron chi connectivity index (χ0n) is 15.4. The molecule has 0 bridgehead atoms. The van der Waals surface area contributed by atoms with Crippen molar-refractivity contribution < 1.29 is 9.47 Å². The second-order valence-electron chi connectivity index (χ2n) is 6.04. The molecule has 0 saturated carbocycles. The highest BCUT2D eigenvalue weighted by molar-refractivity contribution is 7.81. The summed E-state index contributed by atoms with van der Waals surface area (Å²) in [7, 11) is 3.29. The van der Waals surface area contributed by atoms with Gasteiger partial charge in [0.15, 0.2) is 5.75 Å². The SMILES string of the molecule is COc1cc(NC(=S)c2ccccc2)c(OC)c2sc(-c3ccccc3)nc12. The van der Waals surface area contributed by atoms with Crippen molar-refractivity contribution in [1.82, 2.24) is 4.98 Å². The van der Waals surface area contributed by atoms with E-state index in [-0.39, 0.29) is 0 Å². The minimum Gasteiger partial charge on any atom is -0.494 e. The predicted octanol–water partition coefficient (Wildman–Crippen LogP) is 5.77. The van der Waals surface area contributed by atoms with Crippen LogP contribution >= 0.6 is 23.6 Å². The first-order valence-electron chi connectivity index (χ1n) is 8.68. The number of nitrogens with zero attached hydrogens (tertiary/aromatic N) is 1. The Hall–Kier alpha value is -2.96. The molecular formula is C22H18N2O2S2. The van der Waals surface area contributed by atoms with Crippen molar-refractivity contribution in [2.24, 2.45) is 0 Å². The van der Waals surface area contributed by atoms with Crippen molar-refractivity contribution in [3.05, 3.63) is 72.3 Å². The number of methoxy groups -OCH3 is 2. The van der Waals surface area contributed by atoms with E-state index >= 15 is 0 Å². The molecule has 0 amide bonds. The van der Waals surface area contributed by atoms with Crippen LogP contribution in [-0.2, 0) is 0 Å². The first kappa shape index (κ1) is 18.4. The van der Waals surface area contributed by atoms with Crippen LogP contribution in [0.1, 0.15) is 5.56 Å². The molecule has 0 aliphatic carbocycles. The van der Waals surface area contributed by atoms with E-state index in [9.17, 15) is 0 Å². The summed E-state index contributed by atoms with van der Waals surface area (Å²) in [5, 5.41) is 4.21. The minimum absolute atomic E-state index is 0.619. The lowest BCUT2D eigenvalue weighted by Gasteiger charge is -2.14. The van der Waals surface area contributed by atoms with Gasteiger partial charge in [-0.05, 0) is 0 Å². The Balaban J connectivity index is 1.82. The fourth-order valence-corrected chi connectivity index (χ4v) is 4.33. The molecule has 0 saturated heterocycles. The first-order chi connectivity index (χ1) is 13.7. The highest BCUT2D eigenvalue weighted by Gasteiger charge is 2.20. The summed E-state index contributed by atoms with van der Waals surface area (Å²) in [5.41, 5.74) is 3.53. The van der Waals surface area contributed by atoms with Gasteiger partial charge in [-0.2, -0.15) is 0 Å². The summed E-state index contributed by atoms with van der Waals surface area (Å²) >= 11 is 7.14. The second-order valence-corrected chi connectivity index (χ2v) is 7.45. The molecule has 0 atom stereocenters. The van der Waals surface area contributed by atoms with Crippen LogP contribution in [0.3, 0.4) is 0 Å². The molecular weight excluding hydrogens is 388 g/mol. The zero-order chi connectivity index (χ0) is 19.5. The third-order valence-corrected chi connectivity index (χ3v) is 5.76. The molecule has 1 N–H and O–H groups in total. The highest BCUT2D eigenvalue weighted by Crippen LogP contribution is 2.45. The maximum Gasteiger partial charge on any atom is 0.162 e. The maximum atomic E-state index is 5.74. The molecule has 6 heteroatoms. The number of benzene rings is 3. The Morgan fingerprint density at radius 2 is 1.64 bits per heavy atom. The van der Waals surface area contributed by atoms with Crippen molar-refractivity contribution in [1.29, 1.82) is 0 Å². The molecule has 0 fully saturated rings. The minimum atomic E-state index is 0.619. The Bertz CT molecular complexity index is 1130. The first-order valence-corrected chi connectivity index (χ1v) is 9.91. The van der Waals surface area contributed by atoms with Gasteiger partial charge in [0.2, 0.25) is 0 Å².